The highest BCUT2D eigenvalue weighted by Gasteiger charge is 2.37. The van der Waals surface area contributed by atoms with Crippen molar-refractivity contribution in [2.45, 2.75) is 24.8 Å². The fraction of sp³-hybridized carbons (Fsp3) is 0.333. The number of amides is 1. The van der Waals surface area contributed by atoms with Crippen LogP contribution in [0.25, 0.3) is 0 Å². The van der Waals surface area contributed by atoms with Gasteiger partial charge in [0.15, 0.2) is 11.6 Å². The Morgan fingerprint density at radius 2 is 2.28 bits per heavy atom. The number of hydrogen-bond acceptors (Lipinski definition) is 4. The van der Waals surface area contributed by atoms with Crippen LogP contribution in [-0.2, 0) is 0 Å². The number of ether oxygens (including phenoxy) is 1. The van der Waals surface area contributed by atoms with Gasteiger partial charge in [-0.15, -0.1) is 0 Å². The first-order valence-electron chi connectivity index (χ1n) is 5.51. The minimum atomic E-state index is -1.07. The Balaban J connectivity index is 2.14. The first-order valence-corrected chi connectivity index (χ1v) is 5.51. The van der Waals surface area contributed by atoms with Gasteiger partial charge < -0.3 is 15.8 Å². The number of rotatable bonds is 3. The fourth-order valence-electron chi connectivity index (χ4n) is 1.84. The molecule has 0 saturated heterocycles. The van der Waals surface area contributed by atoms with Crippen molar-refractivity contribution >= 4 is 11.8 Å². The van der Waals surface area contributed by atoms with E-state index in [2.05, 4.69) is 16.1 Å². The largest absolute Gasteiger partial charge is 0.410 e. The van der Waals surface area contributed by atoms with Gasteiger partial charge >= 0.3 is 6.09 Å². The number of hydrogen-bond donors (Lipinski definition) is 2. The molecule has 0 aliphatic heterocycles. The molecule has 0 heterocycles. The van der Waals surface area contributed by atoms with Crippen molar-refractivity contribution in [1.29, 1.82) is 5.26 Å². The average Bonchev–Trinajstić information content (AvgIpc) is 2.27. The highest BCUT2D eigenvalue weighted by Crippen LogP contribution is 2.35. The third-order valence-electron chi connectivity index (χ3n) is 2.95. The number of carbonyl (C=O) groups is 1. The van der Waals surface area contributed by atoms with Gasteiger partial charge in [0, 0.05) is 11.8 Å². The van der Waals surface area contributed by atoms with E-state index in [9.17, 15) is 9.18 Å². The van der Waals surface area contributed by atoms with Gasteiger partial charge in [-0.05, 0) is 31.4 Å². The monoisotopic (exact) mass is 249 g/mol. The zero-order valence-electron chi connectivity index (χ0n) is 9.57. The molecule has 1 fully saturated rings. The molecule has 18 heavy (non-hydrogen) atoms. The van der Waals surface area contributed by atoms with Gasteiger partial charge in [0.1, 0.15) is 5.54 Å². The molecule has 0 unspecified atom stereocenters. The van der Waals surface area contributed by atoms with Crippen molar-refractivity contribution < 1.29 is 13.9 Å². The van der Waals surface area contributed by atoms with Crippen LogP contribution in [0.2, 0.25) is 0 Å². The lowest BCUT2D eigenvalue weighted by molar-refractivity contribution is 0.208. The summed E-state index contributed by atoms with van der Waals surface area (Å²) in [4.78, 5) is 10.5. The maximum absolute atomic E-state index is 13.6. The summed E-state index contributed by atoms with van der Waals surface area (Å²) in [5, 5.41) is 12.0. The molecule has 0 atom stereocenters. The number of anilines is 1. The van der Waals surface area contributed by atoms with Gasteiger partial charge in [0.2, 0.25) is 0 Å². The standard InChI is InChI=1S/C12H12FN3O2/c13-9-6-8(2-3-10(9)18-11(15)17)16-12(7-14)4-1-5-12/h2-3,6,16H,1,4-5H2,(H2,15,17). The molecule has 0 bridgehead atoms. The maximum atomic E-state index is 13.6. The molecule has 6 heteroatoms. The van der Waals surface area contributed by atoms with Gasteiger partial charge in [-0.25, -0.2) is 9.18 Å². The molecule has 1 aliphatic rings. The van der Waals surface area contributed by atoms with Crippen LogP contribution in [0.1, 0.15) is 19.3 Å². The summed E-state index contributed by atoms with van der Waals surface area (Å²) >= 11 is 0. The number of nitriles is 1. The van der Waals surface area contributed by atoms with E-state index in [-0.39, 0.29) is 5.75 Å². The molecule has 2 rings (SSSR count). The Bertz CT molecular complexity index is 521. The number of benzene rings is 1. The van der Waals surface area contributed by atoms with Crippen molar-refractivity contribution in [3.05, 3.63) is 24.0 Å². The van der Waals surface area contributed by atoms with Crippen molar-refractivity contribution in [2.75, 3.05) is 5.32 Å². The average molecular weight is 249 g/mol. The molecule has 1 aromatic carbocycles. The van der Waals surface area contributed by atoms with Crippen LogP contribution in [-0.4, -0.2) is 11.6 Å². The van der Waals surface area contributed by atoms with Crippen molar-refractivity contribution in [3.63, 3.8) is 0 Å². The molecule has 1 aromatic rings. The van der Waals surface area contributed by atoms with Crippen LogP contribution in [0.15, 0.2) is 18.2 Å². The third-order valence-corrected chi connectivity index (χ3v) is 2.95. The van der Waals surface area contributed by atoms with Gasteiger partial charge in [0.25, 0.3) is 0 Å². The molecular formula is C12H12FN3O2. The smallest absolute Gasteiger partial charge is 0.407 e. The molecule has 94 valence electrons. The Hall–Kier alpha value is -2.29. The van der Waals surface area contributed by atoms with E-state index in [0.717, 1.165) is 19.3 Å². The van der Waals surface area contributed by atoms with Gasteiger partial charge in [-0.2, -0.15) is 5.26 Å². The van der Waals surface area contributed by atoms with E-state index in [1.165, 1.54) is 12.1 Å². The summed E-state index contributed by atoms with van der Waals surface area (Å²) in [5.41, 5.74) is 4.68. The van der Waals surface area contributed by atoms with Gasteiger partial charge in [-0.3, -0.25) is 0 Å². The van der Waals surface area contributed by atoms with Gasteiger partial charge in [0.05, 0.1) is 6.07 Å². The van der Waals surface area contributed by atoms with Crippen molar-refractivity contribution in [3.8, 4) is 11.8 Å². The first-order chi connectivity index (χ1) is 8.54. The topological polar surface area (TPSA) is 88.1 Å². The number of nitrogens with zero attached hydrogens (tertiary/aromatic N) is 1. The molecule has 0 aromatic heterocycles. The van der Waals surface area contributed by atoms with Crippen LogP contribution in [0.5, 0.6) is 5.75 Å². The minimum Gasteiger partial charge on any atom is -0.407 e. The van der Waals surface area contributed by atoms with E-state index in [1.807, 2.05) is 0 Å². The van der Waals surface area contributed by atoms with Crippen molar-refractivity contribution in [2.24, 2.45) is 5.73 Å². The fourth-order valence-corrected chi connectivity index (χ4v) is 1.84. The first kappa shape index (κ1) is 12.2. The molecule has 3 N–H and O–H groups in total. The lowest BCUT2D eigenvalue weighted by atomic mass is 9.78. The number of halogens is 1. The maximum Gasteiger partial charge on any atom is 0.410 e. The molecular weight excluding hydrogens is 237 g/mol. The zero-order valence-corrected chi connectivity index (χ0v) is 9.57. The lowest BCUT2D eigenvalue weighted by Crippen LogP contribution is -2.43. The molecule has 0 spiro atoms. The Labute approximate surface area is 103 Å². The molecule has 1 aliphatic carbocycles. The zero-order chi connectivity index (χ0) is 13.2. The minimum absolute atomic E-state index is 0.229. The Kier molecular flexibility index (Phi) is 3.06. The normalized spacial score (nSPS) is 16.2. The summed E-state index contributed by atoms with van der Waals surface area (Å²) in [6.45, 7) is 0. The Morgan fingerprint density at radius 1 is 1.56 bits per heavy atom. The second-order valence-electron chi connectivity index (χ2n) is 4.24. The summed E-state index contributed by atoms with van der Waals surface area (Å²) < 4.78 is 18.0. The lowest BCUT2D eigenvalue weighted by Gasteiger charge is -2.36. The predicted octanol–water partition coefficient (Wildman–Crippen LogP) is 2.14. The Morgan fingerprint density at radius 3 is 2.72 bits per heavy atom. The quantitative estimate of drug-likeness (QED) is 0.858. The van der Waals surface area contributed by atoms with E-state index < -0.39 is 17.4 Å². The molecule has 0 radical (unpaired) electrons. The molecule has 1 saturated carbocycles. The van der Waals surface area contributed by atoms with Crippen LogP contribution in [0.4, 0.5) is 14.9 Å². The summed E-state index contributed by atoms with van der Waals surface area (Å²) in [5.74, 6) is -0.932. The number of nitrogens with one attached hydrogen (secondary N) is 1. The summed E-state index contributed by atoms with van der Waals surface area (Å²) in [6, 6.07) is 6.21. The van der Waals surface area contributed by atoms with E-state index in [0.29, 0.717) is 5.69 Å². The van der Waals surface area contributed by atoms with Crippen LogP contribution < -0.4 is 15.8 Å². The van der Waals surface area contributed by atoms with Crippen LogP contribution in [0, 0.1) is 17.1 Å². The molecule has 1 amide bonds. The summed E-state index contributed by atoms with van der Waals surface area (Å²) in [6.07, 6.45) is 1.39. The van der Waals surface area contributed by atoms with E-state index in [4.69, 9.17) is 11.0 Å². The summed E-state index contributed by atoms with van der Waals surface area (Å²) in [7, 11) is 0. The SMILES string of the molecule is N#CC1(Nc2ccc(OC(N)=O)c(F)c2)CCC1. The number of nitrogens with two attached hydrogens (primary N) is 1. The third kappa shape index (κ3) is 2.35. The van der Waals surface area contributed by atoms with Gasteiger partial charge in [-0.1, -0.05) is 0 Å². The van der Waals surface area contributed by atoms with Crippen LogP contribution >= 0.6 is 0 Å². The van der Waals surface area contributed by atoms with E-state index in [1.54, 1.807) is 6.07 Å². The van der Waals surface area contributed by atoms with Crippen LogP contribution in [0.3, 0.4) is 0 Å². The highest BCUT2D eigenvalue weighted by atomic mass is 19.1. The van der Waals surface area contributed by atoms with Crippen molar-refractivity contribution in [1.82, 2.24) is 0 Å². The second kappa shape index (κ2) is 4.53. The second-order valence-corrected chi connectivity index (χ2v) is 4.24. The number of primary amides is 1. The molecule has 5 nitrogen and oxygen atoms in total. The highest BCUT2D eigenvalue weighted by molar-refractivity contribution is 5.68. The predicted molar refractivity (Wildman–Crippen MR) is 62.4 cm³/mol. The number of carbonyl (C=O) groups excluding carboxylic acids is 1. The van der Waals surface area contributed by atoms with E-state index >= 15 is 0 Å².